The van der Waals surface area contributed by atoms with Crippen LogP contribution in [0.5, 0.6) is 5.75 Å². The van der Waals surface area contributed by atoms with Crippen LogP contribution in [0.2, 0.25) is 0 Å². The number of carbonyl (C=O) groups excluding carboxylic acids is 3. The largest absolute Gasteiger partial charge is 0.506 e. The zero-order chi connectivity index (χ0) is 23.3. The summed E-state index contributed by atoms with van der Waals surface area (Å²) in [6.45, 7) is 0.962. The minimum absolute atomic E-state index is 0.0628. The molecule has 0 aliphatic carbocycles. The van der Waals surface area contributed by atoms with Crippen LogP contribution in [0.4, 0.5) is 5.69 Å². The highest BCUT2D eigenvalue weighted by Gasteiger charge is 2.27. The molecular formula is C23H23IN4O4. The van der Waals surface area contributed by atoms with Crippen molar-refractivity contribution in [2.45, 2.75) is 6.54 Å². The van der Waals surface area contributed by atoms with Crippen molar-refractivity contribution in [1.29, 1.82) is 0 Å². The van der Waals surface area contributed by atoms with Crippen molar-refractivity contribution in [1.82, 2.24) is 15.5 Å². The summed E-state index contributed by atoms with van der Waals surface area (Å²) in [5, 5.41) is 18.3. The molecule has 0 fully saturated rings. The number of carbonyl (C=O) groups is 3. The molecule has 1 heterocycles. The molecule has 1 aliphatic rings. The van der Waals surface area contributed by atoms with Crippen LogP contribution in [-0.4, -0.2) is 48.4 Å². The molecule has 0 bridgehead atoms. The van der Waals surface area contributed by atoms with Crippen molar-refractivity contribution >= 4 is 51.6 Å². The lowest BCUT2D eigenvalue weighted by atomic mass is 9.95. The fourth-order valence-electron chi connectivity index (χ4n) is 3.05. The Kier molecular flexibility index (Phi) is 7.65. The summed E-state index contributed by atoms with van der Waals surface area (Å²) in [5.74, 6) is -1.28. The Balaban J connectivity index is 1.67. The average Bonchev–Trinajstić information content (AvgIpc) is 2.71. The van der Waals surface area contributed by atoms with Crippen LogP contribution >= 0.6 is 22.6 Å². The lowest BCUT2D eigenvalue weighted by molar-refractivity contribution is -0.115. The number of benzene rings is 2. The zero-order valence-corrected chi connectivity index (χ0v) is 19.8. The summed E-state index contributed by atoms with van der Waals surface area (Å²) >= 11 is 2.13. The molecule has 0 unspecified atom stereocenters. The van der Waals surface area contributed by atoms with Gasteiger partial charge in [-0.1, -0.05) is 12.1 Å². The van der Waals surface area contributed by atoms with Gasteiger partial charge in [-0.25, -0.2) is 0 Å². The Morgan fingerprint density at radius 3 is 2.62 bits per heavy atom. The maximum atomic E-state index is 12.3. The molecule has 0 atom stereocenters. The highest BCUT2D eigenvalue weighted by atomic mass is 127. The van der Waals surface area contributed by atoms with E-state index in [0.29, 0.717) is 35.5 Å². The van der Waals surface area contributed by atoms with Crippen LogP contribution in [0, 0.1) is 3.57 Å². The molecule has 1 aliphatic heterocycles. The van der Waals surface area contributed by atoms with Gasteiger partial charge in [0, 0.05) is 40.1 Å². The van der Waals surface area contributed by atoms with Crippen LogP contribution in [-0.2, 0) is 16.1 Å². The van der Waals surface area contributed by atoms with Crippen molar-refractivity contribution in [3.63, 3.8) is 0 Å². The molecule has 0 spiro atoms. The molecule has 2 aromatic carbocycles. The molecule has 8 nitrogen and oxygen atoms in total. The van der Waals surface area contributed by atoms with Gasteiger partial charge in [-0.15, -0.1) is 0 Å². The topological polar surface area (TPSA) is 111 Å². The number of fused-ring (bicyclic) bond motifs is 1. The summed E-state index contributed by atoms with van der Waals surface area (Å²) in [6.07, 6.45) is 4.70. The van der Waals surface area contributed by atoms with Crippen LogP contribution in [0.25, 0.3) is 5.57 Å². The molecule has 0 saturated carbocycles. The smallest absolute Gasteiger partial charge is 0.260 e. The summed E-state index contributed by atoms with van der Waals surface area (Å²) in [6, 6.07) is 10.2. The molecule has 0 saturated heterocycles. The number of aromatic hydroxyl groups is 1. The average molecular weight is 546 g/mol. The quantitative estimate of drug-likeness (QED) is 0.184. The van der Waals surface area contributed by atoms with Crippen molar-refractivity contribution in [2.75, 3.05) is 26.0 Å². The molecule has 3 rings (SSSR count). The van der Waals surface area contributed by atoms with Gasteiger partial charge < -0.3 is 20.6 Å². The molecule has 4 N–H and O–H groups in total. The SMILES string of the molecule is CN(C)C/C=C/C(=O)Nc1ccc(CNC=C2C(=O)NC(=O)c3ccc(I)cc32)cc1O. The molecular weight excluding hydrogens is 523 g/mol. The maximum absolute atomic E-state index is 12.3. The Bertz CT molecular complexity index is 1120. The van der Waals surface area contributed by atoms with E-state index in [0.717, 1.165) is 9.13 Å². The van der Waals surface area contributed by atoms with Crippen molar-refractivity contribution in [3.05, 3.63) is 75.0 Å². The third-order valence-electron chi connectivity index (χ3n) is 4.60. The van der Waals surface area contributed by atoms with Crippen molar-refractivity contribution in [2.24, 2.45) is 0 Å². The van der Waals surface area contributed by atoms with Crippen LogP contribution in [0.15, 0.2) is 54.8 Å². The first kappa shape index (κ1) is 23.5. The fourth-order valence-corrected chi connectivity index (χ4v) is 3.54. The number of hydrogen-bond acceptors (Lipinski definition) is 6. The molecule has 3 amide bonds. The molecule has 2 aromatic rings. The first-order valence-corrected chi connectivity index (χ1v) is 10.9. The highest BCUT2D eigenvalue weighted by molar-refractivity contribution is 14.1. The van der Waals surface area contributed by atoms with E-state index in [1.807, 2.05) is 19.0 Å². The normalized spacial score (nSPS) is 14.6. The Labute approximate surface area is 199 Å². The minimum atomic E-state index is -0.472. The standard InChI is InChI=1S/C23H23IN4O4/c1-28(2)9-3-4-21(30)26-19-8-5-14(10-20(19)29)12-25-13-18-17-11-15(24)6-7-16(17)22(31)27-23(18)32/h3-8,10-11,13,25,29H,9,12H2,1-2H3,(H,26,30)(H,27,31,32)/b4-3+,18-13?. The van der Waals surface area contributed by atoms with Crippen molar-refractivity contribution < 1.29 is 19.5 Å². The fraction of sp³-hybridized carbons (Fsp3) is 0.174. The van der Waals surface area contributed by atoms with Gasteiger partial charge in [-0.05, 0) is 72.6 Å². The number of phenols is 1. The van der Waals surface area contributed by atoms with Gasteiger partial charge in [-0.3, -0.25) is 19.7 Å². The van der Waals surface area contributed by atoms with Gasteiger partial charge in [0.1, 0.15) is 5.75 Å². The molecule has 166 valence electrons. The van der Waals surface area contributed by atoms with E-state index in [2.05, 4.69) is 38.5 Å². The Hall–Kier alpha value is -3.18. The second-order valence-electron chi connectivity index (χ2n) is 7.42. The molecule has 0 aromatic heterocycles. The number of nitrogens with one attached hydrogen (secondary N) is 3. The lowest BCUT2D eigenvalue weighted by Gasteiger charge is -2.18. The van der Waals surface area contributed by atoms with Gasteiger partial charge >= 0.3 is 0 Å². The number of amides is 3. The van der Waals surface area contributed by atoms with E-state index < -0.39 is 11.8 Å². The van der Waals surface area contributed by atoms with E-state index >= 15 is 0 Å². The van der Waals surface area contributed by atoms with E-state index in [1.165, 1.54) is 12.1 Å². The number of anilines is 1. The molecule has 0 radical (unpaired) electrons. The van der Waals surface area contributed by atoms with Crippen molar-refractivity contribution in [3.8, 4) is 5.75 Å². The van der Waals surface area contributed by atoms with Gasteiger partial charge in [0.25, 0.3) is 11.8 Å². The van der Waals surface area contributed by atoms with Crippen LogP contribution in [0.1, 0.15) is 21.5 Å². The third kappa shape index (κ3) is 5.95. The predicted molar refractivity (Wildman–Crippen MR) is 131 cm³/mol. The zero-order valence-electron chi connectivity index (χ0n) is 17.6. The van der Waals surface area contributed by atoms with Gasteiger partial charge in [0.2, 0.25) is 5.91 Å². The Morgan fingerprint density at radius 2 is 1.91 bits per heavy atom. The summed E-state index contributed by atoms with van der Waals surface area (Å²) < 4.78 is 0.911. The van der Waals surface area contributed by atoms with E-state index in [4.69, 9.17) is 0 Å². The van der Waals surface area contributed by atoms with Crippen LogP contribution < -0.4 is 16.0 Å². The van der Waals surface area contributed by atoms with Gasteiger partial charge in [0.05, 0.1) is 11.3 Å². The second-order valence-corrected chi connectivity index (χ2v) is 8.66. The van der Waals surface area contributed by atoms with Gasteiger partial charge in [0.15, 0.2) is 0 Å². The predicted octanol–water partition coefficient (Wildman–Crippen LogP) is 2.45. The number of imide groups is 1. The first-order valence-electron chi connectivity index (χ1n) is 9.78. The summed E-state index contributed by atoms with van der Waals surface area (Å²) in [5.41, 5.74) is 2.42. The maximum Gasteiger partial charge on any atom is 0.260 e. The summed E-state index contributed by atoms with van der Waals surface area (Å²) in [7, 11) is 3.80. The number of halogens is 1. The van der Waals surface area contributed by atoms with E-state index in [9.17, 15) is 19.5 Å². The lowest BCUT2D eigenvalue weighted by Crippen LogP contribution is -2.37. The van der Waals surface area contributed by atoms with E-state index in [-0.39, 0.29) is 11.7 Å². The number of hydrogen-bond donors (Lipinski definition) is 4. The van der Waals surface area contributed by atoms with Gasteiger partial charge in [-0.2, -0.15) is 0 Å². The second kappa shape index (κ2) is 10.4. The highest BCUT2D eigenvalue weighted by Crippen LogP contribution is 2.26. The Morgan fingerprint density at radius 1 is 1.12 bits per heavy atom. The van der Waals surface area contributed by atoms with E-state index in [1.54, 1.807) is 42.6 Å². The number of rotatable bonds is 7. The minimum Gasteiger partial charge on any atom is -0.506 e. The molecule has 32 heavy (non-hydrogen) atoms. The number of nitrogens with zero attached hydrogens (tertiary/aromatic N) is 1. The monoisotopic (exact) mass is 546 g/mol. The van der Waals surface area contributed by atoms with Crippen LogP contribution in [0.3, 0.4) is 0 Å². The summed E-state index contributed by atoms with van der Waals surface area (Å²) in [4.78, 5) is 38.2. The third-order valence-corrected chi connectivity index (χ3v) is 5.27. The molecule has 9 heteroatoms. The first-order chi connectivity index (χ1) is 15.2. The number of likely N-dealkylation sites (N-methyl/N-ethyl adjacent to an activating group) is 1. The number of phenolic OH excluding ortho intramolecular Hbond substituents is 1.